The van der Waals surface area contributed by atoms with Gasteiger partial charge < -0.3 is 5.32 Å². The molecule has 0 atom stereocenters. The fraction of sp³-hybridized carbons (Fsp3) is 0.0526. The Morgan fingerprint density at radius 2 is 1.89 bits per heavy atom. The van der Waals surface area contributed by atoms with Crippen molar-refractivity contribution in [1.82, 2.24) is 19.7 Å². The maximum Gasteiger partial charge on any atom is 0.236 e. The molecule has 0 bridgehead atoms. The summed E-state index contributed by atoms with van der Waals surface area (Å²) in [7, 11) is 0. The molecule has 2 heterocycles. The smallest absolute Gasteiger partial charge is 0.236 e. The molecule has 0 spiro atoms. The summed E-state index contributed by atoms with van der Waals surface area (Å²) in [6.07, 6.45) is 1.66. The van der Waals surface area contributed by atoms with Gasteiger partial charge in [0.15, 0.2) is 16.1 Å². The molecule has 0 saturated heterocycles. The summed E-state index contributed by atoms with van der Waals surface area (Å²) in [6.45, 7) is 0. The van der Waals surface area contributed by atoms with E-state index < -0.39 is 0 Å². The molecule has 1 amide bonds. The molecule has 4 aromatic rings. The number of anilines is 1. The van der Waals surface area contributed by atoms with Crippen molar-refractivity contribution < 1.29 is 4.79 Å². The number of nitrogens with zero attached hydrogens (tertiary/aromatic N) is 4. The van der Waals surface area contributed by atoms with Crippen LogP contribution in [0.1, 0.15) is 0 Å². The van der Waals surface area contributed by atoms with Crippen LogP contribution in [0, 0.1) is 0 Å². The average molecular weight is 472 g/mol. The van der Waals surface area contributed by atoms with E-state index in [1.165, 1.54) is 23.1 Å². The molecule has 6 nitrogen and oxygen atoms in total. The van der Waals surface area contributed by atoms with Gasteiger partial charge in [-0.05, 0) is 24.3 Å². The first-order valence-electron chi connectivity index (χ1n) is 8.29. The van der Waals surface area contributed by atoms with Crippen LogP contribution in [0.5, 0.6) is 0 Å². The highest BCUT2D eigenvalue weighted by Gasteiger charge is 2.17. The molecule has 9 heteroatoms. The zero-order valence-corrected chi connectivity index (χ0v) is 17.7. The molecule has 0 saturated carbocycles. The Hall–Kier alpha value is -2.49. The monoisotopic (exact) mass is 471 g/mol. The summed E-state index contributed by atoms with van der Waals surface area (Å²) < 4.78 is 2.96. The minimum absolute atomic E-state index is 0.132. The minimum Gasteiger partial charge on any atom is -0.301 e. The summed E-state index contributed by atoms with van der Waals surface area (Å²) in [6, 6.07) is 17.8. The standard InChI is InChI=1S/C19H14BrN5OS2/c20-14-8-6-13(7-9-14)17-23-24-19(25(17)15-4-2-1-3-5-15)28-12-16(26)22-18-21-10-11-27-18/h1-11H,12H2,(H,21,22,26). The van der Waals surface area contributed by atoms with Gasteiger partial charge in [0.2, 0.25) is 5.91 Å². The van der Waals surface area contributed by atoms with Gasteiger partial charge in [0, 0.05) is 27.3 Å². The van der Waals surface area contributed by atoms with Gasteiger partial charge in [-0.25, -0.2) is 4.98 Å². The van der Waals surface area contributed by atoms with Gasteiger partial charge in [0.1, 0.15) is 0 Å². The summed E-state index contributed by atoms with van der Waals surface area (Å²) in [5.74, 6) is 0.805. The van der Waals surface area contributed by atoms with Crippen LogP contribution in [0.4, 0.5) is 5.13 Å². The summed E-state index contributed by atoms with van der Waals surface area (Å²) in [5, 5.41) is 14.6. The molecule has 0 unspecified atom stereocenters. The number of rotatable bonds is 6. The van der Waals surface area contributed by atoms with Gasteiger partial charge in [-0.1, -0.05) is 58.0 Å². The van der Waals surface area contributed by atoms with E-state index in [9.17, 15) is 4.79 Å². The summed E-state index contributed by atoms with van der Waals surface area (Å²) in [5.41, 5.74) is 1.88. The van der Waals surface area contributed by atoms with E-state index in [4.69, 9.17) is 0 Å². The number of carbonyl (C=O) groups is 1. The van der Waals surface area contributed by atoms with Crippen molar-refractivity contribution in [3.05, 3.63) is 70.6 Å². The third-order valence-corrected chi connectivity index (χ3v) is 5.91. The second-order valence-corrected chi connectivity index (χ2v) is 8.41. The minimum atomic E-state index is -0.132. The number of aromatic nitrogens is 4. The van der Waals surface area contributed by atoms with E-state index in [0.717, 1.165) is 21.5 Å². The van der Waals surface area contributed by atoms with E-state index in [1.54, 1.807) is 6.20 Å². The number of halogens is 1. The third-order valence-electron chi connectivity index (χ3n) is 3.76. The van der Waals surface area contributed by atoms with Crippen molar-refractivity contribution in [3.8, 4) is 17.1 Å². The molecule has 0 fully saturated rings. The molecule has 1 N–H and O–H groups in total. The van der Waals surface area contributed by atoms with Gasteiger partial charge in [-0.3, -0.25) is 9.36 Å². The van der Waals surface area contributed by atoms with E-state index in [2.05, 4.69) is 36.4 Å². The first-order chi connectivity index (χ1) is 13.7. The number of hydrogen-bond donors (Lipinski definition) is 1. The maximum absolute atomic E-state index is 12.2. The quantitative estimate of drug-likeness (QED) is 0.405. The fourth-order valence-electron chi connectivity index (χ4n) is 2.53. The molecular weight excluding hydrogens is 458 g/mol. The third kappa shape index (κ3) is 4.32. The lowest BCUT2D eigenvalue weighted by atomic mass is 10.2. The lowest BCUT2D eigenvalue weighted by Gasteiger charge is -2.10. The topological polar surface area (TPSA) is 72.7 Å². The number of para-hydroxylation sites is 1. The Kier molecular flexibility index (Phi) is 5.84. The van der Waals surface area contributed by atoms with Gasteiger partial charge in [-0.2, -0.15) is 0 Å². The van der Waals surface area contributed by atoms with Crippen molar-refractivity contribution in [3.63, 3.8) is 0 Å². The first kappa shape index (κ1) is 18.9. The molecular formula is C19H14BrN5OS2. The average Bonchev–Trinajstić information content (AvgIpc) is 3.37. The first-order valence-corrected chi connectivity index (χ1v) is 11.0. The summed E-state index contributed by atoms with van der Waals surface area (Å²) in [4.78, 5) is 16.3. The molecule has 28 heavy (non-hydrogen) atoms. The Morgan fingerprint density at radius 3 is 2.61 bits per heavy atom. The molecule has 2 aromatic carbocycles. The Morgan fingerprint density at radius 1 is 1.11 bits per heavy atom. The highest BCUT2D eigenvalue weighted by atomic mass is 79.9. The van der Waals surface area contributed by atoms with Crippen molar-refractivity contribution in [2.24, 2.45) is 0 Å². The number of hydrogen-bond acceptors (Lipinski definition) is 6. The van der Waals surface area contributed by atoms with Crippen LogP contribution in [-0.4, -0.2) is 31.4 Å². The van der Waals surface area contributed by atoms with Gasteiger partial charge >= 0.3 is 0 Å². The SMILES string of the molecule is O=C(CSc1nnc(-c2ccc(Br)cc2)n1-c1ccccc1)Nc1nccs1. The molecule has 4 rings (SSSR count). The molecule has 2 aromatic heterocycles. The molecule has 0 aliphatic heterocycles. The van der Waals surface area contributed by atoms with Crippen molar-refractivity contribution >= 4 is 50.1 Å². The predicted molar refractivity (Wildman–Crippen MR) is 116 cm³/mol. The van der Waals surface area contributed by atoms with Crippen LogP contribution in [0.25, 0.3) is 17.1 Å². The normalized spacial score (nSPS) is 10.8. The van der Waals surface area contributed by atoms with Crippen LogP contribution < -0.4 is 5.32 Å². The number of benzene rings is 2. The van der Waals surface area contributed by atoms with Gasteiger partial charge in [-0.15, -0.1) is 21.5 Å². The zero-order chi connectivity index (χ0) is 19.3. The fourth-order valence-corrected chi connectivity index (χ4v) is 4.09. The van der Waals surface area contributed by atoms with E-state index in [0.29, 0.717) is 10.3 Å². The van der Waals surface area contributed by atoms with Crippen LogP contribution in [0.2, 0.25) is 0 Å². The Bertz CT molecular complexity index is 1070. The number of carbonyl (C=O) groups excluding carboxylic acids is 1. The maximum atomic E-state index is 12.2. The second-order valence-electron chi connectivity index (χ2n) is 5.66. The largest absolute Gasteiger partial charge is 0.301 e. The lowest BCUT2D eigenvalue weighted by Crippen LogP contribution is -2.14. The molecule has 0 aliphatic rings. The number of amides is 1. The Balaban J connectivity index is 1.62. The van der Waals surface area contributed by atoms with Crippen LogP contribution in [-0.2, 0) is 4.79 Å². The summed E-state index contributed by atoms with van der Waals surface area (Å²) >= 11 is 6.18. The highest BCUT2D eigenvalue weighted by Crippen LogP contribution is 2.28. The Labute approximate surface area is 178 Å². The molecule has 140 valence electrons. The van der Waals surface area contributed by atoms with E-state index in [1.807, 2.05) is 64.5 Å². The second kappa shape index (κ2) is 8.68. The highest BCUT2D eigenvalue weighted by molar-refractivity contribution is 9.10. The lowest BCUT2D eigenvalue weighted by molar-refractivity contribution is -0.113. The van der Waals surface area contributed by atoms with Crippen molar-refractivity contribution in [1.29, 1.82) is 0 Å². The van der Waals surface area contributed by atoms with Gasteiger partial charge in [0.25, 0.3) is 0 Å². The van der Waals surface area contributed by atoms with Gasteiger partial charge in [0.05, 0.1) is 5.75 Å². The number of nitrogens with one attached hydrogen (secondary N) is 1. The van der Waals surface area contributed by atoms with E-state index >= 15 is 0 Å². The van der Waals surface area contributed by atoms with Crippen LogP contribution in [0.3, 0.4) is 0 Å². The van der Waals surface area contributed by atoms with Crippen LogP contribution in [0.15, 0.2) is 75.8 Å². The number of thiazole rings is 1. The predicted octanol–water partition coefficient (Wildman–Crippen LogP) is 4.88. The van der Waals surface area contributed by atoms with Crippen molar-refractivity contribution in [2.45, 2.75) is 5.16 Å². The number of thioether (sulfide) groups is 1. The zero-order valence-electron chi connectivity index (χ0n) is 14.4. The van der Waals surface area contributed by atoms with Crippen LogP contribution >= 0.6 is 39.0 Å². The molecule has 0 radical (unpaired) electrons. The van der Waals surface area contributed by atoms with E-state index in [-0.39, 0.29) is 11.7 Å². The van der Waals surface area contributed by atoms with Crippen molar-refractivity contribution in [2.75, 3.05) is 11.1 Å². The molecule has 0 aliphatic carbocycles.